The van der Waals surface area contributed by atoms with Gasteiger partial charge in [0.05, 0.1) is 17.8 Å². The van der Waals surface area contributed by atoms with Gasteiger partial charge in [-0.3, -0.25) is 4.79 Å². The topological polar surface area (TPSA) is 92.8 Å². The fourth-order valence-corrected chi connectivity index (χ4v) is 5.12. The lowest BCUT2D eigenvalue weighted by Crippen LogP contribution is -2.31. The van der Waals surface area contributed by atoms with Crippen LogP contribution >= 0.6 is 33.9 Å². The van der Waals surface area contributed by atoms with Crippen molar-refractivity contribution < 1.29 is 13.9 Å². The van der Waals surface area contributed by atoms with Crippen LogP contribution in [0.25, 0.3) is 10.2 Å². The number of amides is 1. The highest BCUT2D eigenvalue weighted by molar-refractivity contribution is 14.1. The van der Waals surface area contributed by atoms with E-state index in [-0.39, 0.29) is 29.9 Å². The number of rotatable bonds is 3. The van der Waals surface area contributed by atoms with E-state index in [9.17, 15) is 9.18 Å². The number of carbonyl (C=O) groups excluding carboxylic acids is 1. The number of anilines is 2. The molecule has 0 spiro atoms. The molecule has 29 heavy (non-hydrogen) atoms. The quantitative estimate of drug-likeness (QED) is 0.514. The number of aromatic nitrogens is 1. The van der Waals surface area contributed by atoms with E-state index in [0.29, 0.717) is 34.2 Å². The number of aliphatic imine (C=N–C) groups is 1. The van der Waals surface area contributed by atoms with E-state index in [0.717, 1.165) is 8.96 Å². The molecule has 1 saturated heterocycles. The number of likely N-dealkylation sites (tertiary alicyclic amines) is 1. The van der Waals surface area contributed by atoms with Crippen molar-refractivity contribution >= 4 is 66.8 Å². The number of pyridine rings is 1. The molecule has 4 heterocycles. The first-order valence-electron chi connectivity index (χ1n) is 8.88. The third-order valence-corrected chi connectivity index (χ3v) is 6.65. The molecule has 0 bridgehead atoms. The monoisotopic (exact) mass is 523 g/mol. The fraction of sp³-hybridized carbons (Fsp3) is 0.211. The van der Waals surface area contributed by atoms with Gasteiger partial charge in [-0.25, -0.2) is 14.4 Å². The maximum Gasteiger partial charge on any atom is 0.282 e. The highest BCUT2D eigenvalue weighted by Gasteiger charge is 2.42. The van der Waals surface area contributed by atoms with E-state index in [4.69, 9.17) is 10.5 Å². The summed E-state index contributed by atoms with van der Waals surface area (Å²) in [5.41, 5.74) is 6.41. The van der Waals surface area contributed by atoms with Gasteiger partial charge in [-0.2, -0.15) is 0 Å². The van der Waals surface area contributed by atoms with Crippen LogP contribution in [0.4, 0.5) is 15.1 Å². The average molecular weight is 523 g/mol. The summed E-state index contributed by atoms with van der Waals surface area (Å²) in [7, 11) is 0. The SMILES string of the molecule is NC1=N[C@H]2CN(C(=O)c3c(Nc4ccc(I)cc4F)sc4ncccc34)C[C@H]2O1. The Kier molecular flexibility index (Phi) is 4.54. The number of nitrogens with zero attached hydrogens (tertiary/aromatic N) is 3. The number of halogens is 2. The van der Waals surface area contributed by atoms with Crippen LogP contribution in [-0.4, -0.2) is 47.0 Å². The third-order valence-electron chi connectivity index (χ3n) is 4.95. The molecule has 1 fully saturated rings. The van der Waals surface area contributed by atoms with Gasteiger partial charge in [0.15, 0.2) is 0 Å². The van der Waals surface area contributed by atoms with Crippen LogP contribution in [-0.2, 0) is 4.74 Å². The van der Waals surface area contributed by atoms with E-state index in [1.54, 1.807) is 29.3 Å². The van der Waals surface area contributed by atoms with Crippen molar-refractivity contribution in [3.05, 3.63) is 51.5 Å². The Morgan fingerprint density at radius 3 is 3.03 bits per heavy atom. The average Bonchev–Trinajstić information content (AvgIpc) is 3.33. The predicted molar refractivity (Wildman–Crippen MR) is 118 cm³/mol. The lowest BCUT2D eigenvalue weighted by Gasteiger charge is -2.18. The number of hydrogen-bond donors (Lipinski definition) is 2. The Bertz CT molecular complexity index is 1170. The Morgan fingerprint density at radius 2 is 2.24 bits per heavy atom. The van der Waals surface area contributed by atoms with E-state index >= 15 is 0 Å². The highest BCUT2D eigenvalue weighted by atomic mass is 127. The lowest BCUT2D eigenvalue weighted by molar-refractivity contribution is 0.0771. The van der Waals surface area contributed by atoms with Crippen LogP contribution in [0, 0.1) is 9.39 Å². The standard InChI is InChI=1S/C19H15FIN5O2S/c20-11-6-9(21)3-4-12(11)24-17-15(10-2-1-5-23-16(10)29-17)18(27)26-7-13-14(8-26)28-19(22)25-13/h1-6,13-14,24H,7-8H2,(H2,22,25)/t13-,14+/m0/s1. The number of hydrogen-bond acceptors (Lipinski definition) is 7. The summed E-state index contributed by atoms with van der Waals surface area (Å²) in [4.78, 5) is 24.4. The molecule has 3 aromatic rings. The molecule has 2 atom stereocenters. The first kappa shape index (κ1) is 18.6. The molecule has 3 N–H and O–H groups in total. The molecule has 2 aliphatic heterocycles. The Morgan fingerprint density at radius 1 is 1.38 bits per heavy atom. The van der Waals surface area contributed by atoms with Gasteiger partial charge in [0.2, 0.25) is 0 Å². The minimum atomic E-state index is -0.380. The molecule has 1 amide bonds. The van der Waals surface area contributed by atoms with Crippen molar-refractivity contribution in [1.82, 2.24) is 9.88 Å². The molecular formula is C19H15FIN5O2S. The number of thiophene rings is 1. The lowest BCUT2D eigenvalue weighted by atomic mass is 10.1. The number of ether oxygens (including phenoxy) is 1. The van der Waals surface area contributed by atoms with Gasteiger partial charge in [0.1, 0.15) is 27.8 Å². The molecule has 148 valence electrons. The highest BCUT2D eigenvalue weighted by Crippen LogP contribution is 2.38. The zero-order valence-electron chi connectivity index (χ0n) is 14.9. The molecule has 0 unspecified atom stereocenters. The minimum Gasteiger partial charge on any atom is -0.458 e. The molecule has 2 aliphatic rings. The molecule has 0 aliphatic carbocycles. The van der Waals surface area contributed by atoms with Crippen LogP contribution in [0.2, 0.25) is 0 Å². The van der Waals surface area contributed by atoms with Crippen LogP contribution in [0.5, 0.6) is 0 Å². The van der Waals surface area contributed by atoms with Crippen molar-refractivity contribution in [1.29, 1.82) is 0 Å². The van der Waals surface area contributed by atoms with E-state index < -0.39 is 0 Å². The molecule has 10 heteroatoms. The zero-order valence-corrected chi connectivity index (χ0v) is 17.9. The normalized spacial score (nSPS) is 20.5. The molecule has 7 nitrogen and oxygen atoms in total. The summed E-state index contributed by atoms with van der Waals surface area (Å²) >= 11 is 3.38. The molecule has 0 radical (unpaired) electrons. The second-order valence-electron chi connectivity index (χ2n) is 6.81. The number of nitrogens with one attached hydrogen (secondary N) is 1. The van der Waals surface area contributed by atoms with Gasteiger partial charge in [-0.15, -0.1) is 0 Å². The van der Waals surface area contributed by atoms with Crippen molar-refractivity contribution in [3.63, 3.8) is 0 Å². The zero-order chi connectivity index (χ0) is 20.1. The second-order valence-corrected chi connectivity index (χ2v) is 9.06. The Hall–Kier alpha value is -2.47. The van der Waals surface area contributed by atoms with E-state index in [2.05, 4.69) is 37.9 Å². The molecular weight excluding hydrogens is 508 g/mol. The summed E-state index contributed by atoms with van der Waals surface area (Å²) in [6.07, 6.45) is 1.46. The summed E-state index contributed by atoms with van der Waals surface area (Å²) in [5.74, 6) is -0.543. The van der Waals surface area contributed by atoms with Gasteiger partial charge in [0.25, 0.3) is 11.9 Å². The fourth-order valence-electron chi connectivity index (χ4n) is 3.62. The molecule has 0 saturated carbocycles. The molecule has 5 rings (SSSR count). The summed E-state index contributed by atoms with van der Waals surface area (Å²) in [6.45, 7) is 0.835. The largest absolute Gasteiger partial charge is 0.458 e. The van der Waals surface area contributed by atoms with Gasteiger partial charge < -0.3 is 20.7 Å². The summed E-state index contributed by atoms with van der Waals surface area (Å²) in [5, 5.41) is 4.39. The maximum atomic E-state index is 14.4. The number of nitrogens with two attached hydrogens (primary N) is 1. The van der Waals surface area contributed by atoms with Gasteiger partial charge in [-0.05, 0) is 52.9 Å². The Labute approximate surface area is 182 Å². The molecule has 1 aromatic carbocycles. The smallest absolute Gasteiger partial charge is 0.282 e. The van der Waals surface area contributed by atoms with Crippen molar-refractivity contribution in [3.8, 4) is 0 Å². The van der Waals surface area contributed by atoms with Crippen molar-refractivity contribution in [2.75, 3.05) is 18.4 Å². The van der Waals surface area contributed by atoms with E-state index in [1.165, 1.54) is 17.4 Å². The number of amidine groups is 1. The van der Waals surface area contributed by atoms with Gasteiger partial charge in [-0.1, -0.05) is 11.3 Å². The minimum absolute atomic E-state index is 0.146. The van der Waals surface area contributed by atoms with Gasteiger partial charge in [0, 0.05) is 21.7 Å². The van der Waals surface area contributed by atoms with E-state index in [1.807, 2.05) is 6.07 Å². The predicted octanol–water partition coefficient (Wildman–Crippen LogP) is 3.32. The van der Waals surface area contributed by atoms with Crippen LogP contribution in [0.3, 0.4) is 0 Å². The number of benzene rings is 1. The first-order chi connectivity index (χ1) is 14.0. The van der Waals surface area contributed by atoms with Crippen LogP contribution in [0.1, 0.15) is 10.4 Å². The van der Waals surface area contributed by atoms with Crippen LogP contribution in [0.15, 0.2) is 41.5 Å². The number of carbonyl (C=O) groups is 1. The molecule has 2 aromatic heterocycles. The second kappa shape index (κ2) is 7.10. The summed E-state index contributed by atoms with van der Waals surface area (Å²) < 4.78 is 20.7. The number of fused-ring (bicyclic) bond motifs is 2. The van der Waals surface area contributed by atoms with Crippen molar-refractivity contribution in [2.24, 2.45) is 10.7 Å². The maximum absolute atomic E-state index is 14.4. The van der Waals surface area contributed by atoms with Gasteiger partial charge >= 0.3 is 0 Å². The Balaban J connectivity index is 1.52. The first-order valence-corrected chi connectivity index (χ1v) is 10.8. The third kappa shape index (κ3) is 3.29. The van der Waals surface area contributed by atoms with Crippen LogP contribution < -0.4 is 11.1 Å². The van der Waals surface area contributed by atoms with Crippen molar-refractivity contribution in [2.45, 2.75) is 12.1 Å². The summed E-state index contributed by atoms with van der Waals surface area (Å²) in [6, 6.07) is 8.58.